The van der Waals surface area contributed by atoms with Crippen LogP contribution in [-0.4, -0.2) is 45.5 Å². The molecule has 0 spiro atoms. The largest absolute Gasteiger partial charge is 0.494 e. The Morgan fingerprint density at radius 3 is 2.32 bits per heavy atom. The highest BCUT2D eigenvalue weighted by Gasteiger charge is 2.25. The highest BCUT2D eigenvalue weighted by molar-refractivity contribution is 7.92. The van der Waals surface area contributed by atoms with Crippen LogP contribution in [0.1, 0.15) is 12.5 Å². The van der Waals surface area contributed by atoms with Gasteiger partial charge in [0.1, 0.15) is 5.75 Å². The molecule has 0 bridgehead atoms. The topological polar surface area (TPSA) is 49.9 Å². The first-order valence-corrected chi connectivity index (χ1v) is 10.8. The number of sulfonamides is 1. The number of hydrogen-bond acceptors (Lipinski definition) is 4. The van der Waals surface area contributed by atoms with Crippen molar-refractivity contribution in [2.75, 3.05) is 37.7 Å². The molecule has 0 saturated carbocycles. The number of rotatable bonds is 5. The lowest BCUT2D eigenvalue weighted by molar-refractivity contribution is 0.340. The highest BCUT2D eigenvalue weighted by atomic mass is 32.2. The Kier molecular flexibility index (Phi) is 6.75. The Balaban J connectivity index is 1.56. The minimum absolute atomic E-state index is 0.450. The van der Waals surface area contributed by atoms with Crippen molar-refractivity contribution in [2.24, 2.45) is 0 Å². The van der Waals surface area contributed by atoms with Gasteiger partial charge in [0.15, 0.2) is 0 Å². The van der Waals surface area contributed by atoms with Gasteiger partial charge in [0.2, 0.25) is 10.0 Å². The summed E-state index contributed by atoms with van der Waals surface area (Å²) in [5.74, 6) is 6.55. The van der Waals surface area contributed by atoms with E-state index >= 15 is 0 Å². The lowest BCUT2D eigenvalue weighted by Crippen LogP contribution is -2.48. The summed E-state index contributed by atoms with van der Waals surface area (Å²) in [6.07, 6.45) is 1.40. The second kappa shape index (κ2) is 9.45. The molecule has 0 atom stereocenters. The number of benzene rings is 2. The van der Waals surface area contributed by atoms with E-state index in [0.29, 0.717) is 32.8 Å². The molecule has 1 heterocycles. The third-order valence-electron chi connectivity index (χ3n) is 4.43. The number of nitrogens with zero attached hydrogens (tertiary/aromatic N) is 2. The van der Waals surface area contributed by atoms with Crippen LogP contribution in [0.4, 0.5) is 5.69 Å². The molecule has 1 fully saturated rings. The second-order valence-corrected chi connectivity index (χ2v) is 8.11. The zero-order valence-corrected chi connectivity index (χ0v) is 16.7. The zero-order chi connectivity index (χ0) is 19.8. The maximum Gasteiger partial charge on any atom is 0.236 e. The van der Waals surface area contributed by atoms with Crippen molar-refractivity contribution in [3.8, 4) is 17.6 Å². The van der Waals surface area contributed by atoms with E-state index in [-0.39, 0.29) is 0 Å². The van der Waals surface area contributed by atoms with Gasteiger partial charge in [-0.25, -0.2) is 8.42 Å². The first-order chi connectivity index (χ1) is 13.6. The van der Waals surface area contributed by atoms with Crippen LogP contribution in [0.5, 0.6) is 5.75 Å². The molecule has 146 valence electrons. The molecule has 0 amide bonds. The number of hydrogen-bond donors (Lipinski definition) is 0. The fourth-order valence-electron chi connectivity index (χ4n) is 2.97. The molecule has 1 aliphatic heterocycles. The van der Waals surface area contributed by atoms with Crippen molar-refractivity contribution in [2.45, 2.75) is 6.92 Å². The Morgan fingerprint density at radius 2 is 1.68 bits per heavy atom. The Labute approximate surface area is 167 Å². The molecule has 1 aliphatic rings. The summed E-state index contributed by atoms with van der Waals surface area (Å²) in [5.41, 5.74) is 1.93. The zero-order valence-electron chi connectivity index (χ0n) is 15.9. The van der Waals surface area contributed by atoms with Gasteiger partial charge >= 0.3 is 0 Å². The third kappa shape index (κ3) is 5.38. The van der Waals surface area contributed by atoms with Gasteiger partial charge in [-0.05, 0) is 43.3 Å². The SMILES string of the molecule is CCOc1ccc(N2CCN(S(=O)(=O)/C=C/C#Cc3ccccc3)CC2)cc1. The lowest BCUT2D eigenvalue weighted by Gasteiger charge is -2.34. The molecule has 0 unspecified atom stereocenters. The van der Waals surface area contributed by atoms with E-state index in [9.17, 15) is 8.42 Å². The van der Waals surface area contributed by atoms with E-state index < -0.39 is 10.0 Å². The maximum atomic E-state index is 12.5. The van der Waals surface area contributed by atoms with Crippen LogP contribution < -0.4 is 9.64 Å². The molecular weight excluding hydrogens is 372 g/mol. The standard InChI is InChI=1S/C22H24N2O3S/c1-2-27-22-13-11-21(12-14-22)23-15-17-24(18-16-23)28(25,26)19-7-6-10-20-8-4-3-5-9-20/h3-5,7-9,11-14,19H,2,15-18H2,1H3/b19-7+. The Hall–Kier alpha value is -2.75. The van der Waals surface area contributed by atoms with Crippen molar-refractivity contribution in [1.82, 2.24) is 4.31 Å². The van der Waals surface area contributed by atoms with E-state index in [1.54, 1.807) is 0 Å². The Morgan fingerprint density at radius 1 is 1.00 bits per heavy atom. The monoisotopic (exact) mass is 396 g/mol. The molecule has 2 aromatic rings. The molecule has 0 aliphatic carbocycles. The summed E-state index contributed by atoms with van der Waals surface area (Å²) in [6.45, 7) is 4.79. The predicted molar refractivity (Wildman–Crippen MR) is 113 cm³/mol. The number of ether oxygens (including phenoxy) is 1. The lowest BCUT2D eigenvalue weighted by atomic mass is 10.2. The average Bonchev–Trinajstić information content (AvgIpc) is 2.73. The molecule has 28 heavy (non-hydrogen) atoms. The summed E-state index contributed by atoms with van der Waals surface area (Å²) in [6, 6.07) is 17.4. The van der Waals surface area contributed by atoms with Gasteiger partial charge in [-0.1, -0.05) is 30.0 Å². The predicted octanol–water partition coefficient (Wildman–Crippen LogP) is 3.10. The Bertz CT molecular complexity index is 950. The smallest absolute Gasteiger partial charge is 0.236 e. The third-order valence-corrected chi connectivity index (χ3v) is 5.99. The fraction of sp³-hybridized carbons (Fsp3) is 0.273. The van der Waals surface area contributed by atoms with E-state index in [1.165, 1.54) is 15.8 Å². The van der Waals surface area contributed by atoms with Gasteiger partial charge in [-0.3, -0.25) is 0 Å². The quantitative estimate of drug-likeness (QED) is 0.729. The van der Waals surface area contributed by atoms with Crippen LogP contribution >= 0.6 is 0 Å². The van der Waals surface area contributed by atoms with Crippen molar-refractivity contribution in [3.63, 3.8) is 0 Å². The van der Waals surface area contributed by atoms with E-state index in [2.05, 4.69) is 16.7 Å². The summed E-state index contributed by atoms with van der Waals surface area (Å²) < 4.78 is 31.9. The highest BCUT2D eigenvalue weighted by Crippen LogP contribution is 2.21. The number of piperazine rings is 1. The van der Waals surface area contributed by atoms with Gasteiger partial charge in [0.05, 0.1) is 12.0 Å². The molecule has 6 heteroatoms. The molecular formula is C22H24N2O3S. The minimum atomic E-state index is -3.45. The normalized spacial score (nSPS) is 15.2. The van der Waals surface area contributed by atoms with Crippen molar-refractivity contribution in [3.05, 3.63) is 71.6 Å². The first kappa shape index (κ1) is 20.0. The molecule has 0 radical (unpaired) electrons. The molecule has 5 nitrogen and oxygen atoms in total. The minimum Gasteiger partial charge on any atom is -0.494 e. The summed E-state index contributed by atoms with van der Waals surface area (Å²) in [7, 11) is -3.45. The molecule has 0 aromatic heterocycles. The molecule has 0 N–H and O–H groups in total. The molecule has 1 saturated heterocycles. The van der Waals surface area contributed by atoms with Crippen molar-refractivity contribution < 1.29 is 13.2 Å². The summed E-state index contributed by atoms with van der Waals surface area (Å²) in [4.78, 5) is 2.18. The number of anilines is 1. The van der Waals surface area contributed by atoms with Crippen molar-refractivity contribution >= 4 is 15.7 Å². The maximum absolute atomic E-state index is 12.5. The van der Waals surface area contributed by atoms with Gasteiger partial charge < -0.3 is 9.64 Å². The summed E-state index contributed by atoms with van der Waals surface area (Å²) in [5, 5.41) is 1.19. The first-order valence-electron chi connectivity index (χ1n) is 9.29. The van der Waals surface area contributed by atoms with E-state index in [0.717, 1.165) is 17.0 Å². The van der Waals surface area contributed by atoms with Crippen LogP contribution in [0.25, 0.3) is 0 Å². The van der Waals surface area contributed by atoms with Crippen LogP contribution in [-0.2, 0) is 10.0 Å². The van der Waals surface area contributed by atoms with Crippen LogP contribution in [0, 0.1) is 11.8 Å². The number of allylic oxidation sites excluding steroid dienone is 1. The van der Waals surface area contributed by atoms with Gasteiger partial charge in [-0.2, -0.15) is 4.31 Å². The van der Waals surface area contributed by atoms with Crippen LogP contribution in [0.15, 0.2) is 66.1 Å². The van der Waals surface area contributed by atoms with E-state index in [1.807, 2.05) is 61.5 Å². The van der Waals surface area contributed by atoms with Gasteiger partial charge in [0, 0.05) is 43.5 Å². The molecule has 3 rings (SSSR count). The fourth-order valence-corrected chi connectivity index (χ4v) is 4.06. The average molecular weight is 397 g/mol. The van der Waals surface area contributed by atoms with Crippen LogP contribution in [0.2, 0.25) is 0 Å². The van der Waals surface area contributed by atoms with Crippen LogP contribution in [0.3, 0.4) is 0 Å². The van der Waals surface area contributed by atoms with Gasteiger partial charge in [0.25, 0.3) is 0 Å². The van der Waals surface area contributed by atoms with Gasteiger partial charge in [-0.15, -0.1) is 0 Å². The summed E-state index contributed by atoms with van der Waals surface area (Å²) >= 11 is 0. The molecule has 2 aromatic carbocycles. The second-order valence-electron chi connectivity index (χ2n) is 6.30. The van der Waals surface area contributed by atoms with Crippen molar-refractivity contribution in [1.29, 1.82) is 0 Å². The van der Waals surface area contributed by atoms with E-state index in [4.69, 9.17) is 4.74 Å².